The lowest BCUT2D eigenvalue weighted by atomic mass is 10.1. The third kappa shape index (κ3) is 2.87. The molecule has 4 nitrogen and oxygen atoms in total. The quantitative estimate of drug-likeness (QED) is 0.729. The lowest BCUT2D eigenvalue weighted by molar-refractivity contribution is -0.126. The van der Waals surface area contributed by atoms with Gasteiger partial charge >= 0.3 is 0 Å². The van der Waals surface area contributed by atoms with Gasteiger partial charge in [-0.05, 0) is 18.6 Å². The van der Waals surface area contributed by atoms with Crippen molar-refractivity contribution < 1.29 is 4.79 Å². The van der Waals surface area contributed by atoms with E-state index < -0.39 is 0 Å². The van der Waals surface area contributed by atoms with E-state index in [0.29, 0.717) is 5.69 Å². The Balaban J connectivity index is 2.69. The maximum absolute atomic E-state index is 11.4. The minimum atomic E-state index is 0.0256. The van der Waals surface area contributed by atoms with Crippen LogP contribution in [-0.4, -0.2) is 31.4 Å². The van der Waals surface area contributed by atoms with Crippen LogP contribution in [0.15, 0.2) is 18.2 Å². The number of carbonyl (C=O) groups is 1. The highest BCUT2D eigenvalue weighted by Crippen LogP contribution is 2.21. The van der Waals surface area contributed by atoms with E-state index in [0.717, 1.165) is 11.3 Å². The summed E-state index contributed by atoms with van der Waals surface area (Å²) in [5.41, 5.74) is 8.35. The van der Waals surface area contributed by atoms with Gasteiger partial charge in [-0.2, -0.15) is 0 Å². The summed E-state index contributed by atoms with van der Waals surface area (Å²) in [5, 5.41) is 3.05. The topological polar surface area (TPSA) is 58.4 Å². The molecule has 3 N–H and O–H groups in total. The third-order valence-corrected chi connectivity index (χ3v) is 2.22. The first-order chi connectivity index (χ1) is 7.02. The summed E-state index contributed by atoms with van der Waals surface area (Å²) in [6.45, 7) is 2.22. The van der Waals surface area contributed by atoms with Crippen molar-refractivity contribution in [1.82, 2.24) is 4.90 Å². The number of hydrogen-bond acceptors (Lipinski definition) is 3. The molecule has 0 aliphatic heterocycles. The molecule has 0 heterocycles. The molecular formula is C11H17N3O. The van der Waals surface area contributed by atoms with Gasteiger partial charge in [0, 0.05) is 14.1 Å². The summed E-state index contributed by atoms with van der Waals surface area (Å²) in [6, 6.07) is 5.66. The first-order valence-corrected chi connectivity index (χ1v) is 4.81. The van der Waals surface area contributed by atoms with Gasteiger partial charge in [-0.15, -0.1) is 0 Å². The van der Waals surface area contributed by atoms with E-state index in [1.807, 2.05) is 25.1 Å². The van der Waals surface area contributed by atoms with Crippen molar-refractivity contribution in [1.29, 1.82) is 0 Å². The maximum atomic E-state index is 11.4. The molecule has 1 aromatic carbocycles. The number of benzene rings is 1. The van der Waals surface area contributed by atoms with Gasteiger partial charge in [0.25, 0.3) is 0 Å². The number of anilines is 2. The second kappa shape index (κ2) is 4.68. The van der Waals surface area contributed by atoms with Gasteiger partial charge in [0.1, 0.15) is 0 Å². The molecule has 0 fully saturated rings. The summed E-state index contributed by atoms with van der Waals surface area (Å²) in [6.07, 6.45) is 0. The highest BCUT2D eigenvalue weighted by atomic mass is 16.2. The standard InChI is InChI=1S/C11H17N3O/c1-8-5-4-6-9(12)11(8)13-7-10(15)14(2)3/h4-6,13H,7,12H2,1-3H3. The van der Waals surface area contributed by atoms with E-state index in [4.69, 9.17) is 5.73 Å². The average Bonchev–Trinajstić information content (AvgIpc) is 2.16. The fourth-order valence-electron chi connectivity index (χ4n) is 1.25. The van der Waals surface area contributed by atoms with Crippen LogP contribution in [0.2, 0.25) is 0 Å². The molecule has 0 aromatic heterocycles. The van der Waals surface area contributed by atoms with E-state index in [2.05, 4.69) is 5.32 Å². The zero-order valence-corrected chi connectivity index (χ0v) is 9.37. The van der Waals surface area contributed by atoms with E-state index in [9.17, 15) is 4.79 Å². The number of nitrogen functional groups attached to an aromatic ring is 1. The molecule has 0 unspecified atom stereocenters. The Labute approximate surface area is 90.1 Å². The van der Waals surface area contributed by atoms with Crippen molar-refractivity contribution in [3.05, 3.63) is 23.8 Å². The molecular weight excluding hydrogens is 190 g/mol. The number of carbonyl (C=O) groups excluding carboxylic acids is 1. The van der Waals surface area contributed by atoms with Crippen molar-refractivity contribution in [3.63, 3.8) is 0 Å². The predicted octanol–water partition coefficient (Wildman–Crippen LogP) is 1.08. The number of aryl methyl sites for hydroxylation is 1. The van der Waals surface area contributed by atoms with Gasteiger partial charge in [-0.1, -0.05) is 12.1 Å². The Kier molecular flexibility index (Phi) is 3.55. The van der Waals surface area contributed by atoms with Crippen molar-refractivity contribution in [3.8, 4) is 0 Å². The third-order valence-electron chi connectivity index (χ3n) is 2.22. The van der Waals surface area contributed by atoms with Crippen molar-refractivity contribution in [2.45, 2.75) is 6.92 Å². The summed E-state index contributed by atoms with van der Waals surface area (Å²) >= 11 is 0. The summed E-state index contributed by atoms with van der Waals surface area (Å²) < 4.78 is 0. The van der Waals surface area contributed by atoms with Gasteiger partial charge in [-0.3, -0.25) is 4.79 Å². The minimum absolute atomic E-state index is 0.0256. The molecule has 0 spiro atoms. The van der Waals surface area contributed by atoms with Crippen molar-refractivity contribution in [2.24, 2.45) is 0 Å². The monoisotopic (exact) mass is 207 g/mol. The van der Waals surface area contributed by atoms with Gasteiger partial charge in [0.05, 0.1) is 17.9 Å². The Morgan fingerprint density at radius 2 is 2.13 bits per heavy atom. The smallest absolute Gasteiger partial charge is 0.241 e. The van der Waals surface area contributed by atoms with Crippen LogP contribution in [0.25, 0.3) is 0 Å². The summed E-state index contributed by atoms with van der Waals surface area (Å²) in [4.78, 5) is 12.9. The lowest BCUT2D eigenvalue weighted by Gasteiger charge is -2.14. The van der Waals surface area contributed by atoms with Crippen LogP contribution in [0.1, 0.15) is 5.56 Å². The second-order valence-electron chi connectivity index (χ2n) is 3.68. The Morgan fingerprint density at radius 1 is 1.47 bits per heavy atom. The molecule has 1 amide bonds. The molecule has 1 aromatic rings. The Morgan fingerprint density at radius 3 is 2.67 bits per heavy atom. The molecule has 1 rings (SSSR count). The van der Waals surface area contributed by atoms with E-state index in [1.54, 1.807) is 19.0 Å². The number of amides is 1. The Bertz CT molecular complexity index is 341. The molecule has 0 bridgehead atoms. The number of nitrogens with two attached hydrogens (primary N) is 1. The van der Waals surface area contributed by atoms with Gasteiger partial charge in [-0.25, -0.2) is 0 Å². The van der Waals surface area contributed by atoms with Gasteiger partial charge in [0.15, 0.2) is 0 Å². The molecule has 0 radical (unpaired) electrons. The van der Waals surface area contributed by atoms with Crippen LogP contribution in [0.4, 0.5) is 11.4 Å². The van der Waals surface area contributed by atoms with E-state index in [-0.39, 0.29) is 12.5 Å². The number of para-hydroxylation sites is 1. The molecule has 15 heavy (non-hydrogen) atoms. The summed E-state index contributed by atoms with van der Waals surface area (Å²) in [5.74, 6) is 0.0256. The van der Waals surface area contributed by atoms with Crippen LogP contribution >= 0.6 is 0 Å². The lowest BCUT2D eigenvalue weighted by Crippen LogP contribution is -2.28. The first-order valence-electron chi connectivity index (χ1n) is 4.81. The molecule has 0 saturated carbocycles. The van der Waals surface area contributed by atoms with E-state index in [1.165, 1.54) is 0 Å². The second-order valence-corrected chi connectivity index (χ2v) is 3.68. The van der Waals surface area contributed by atoms with Crippen LogP contribution in [0.5, 0.6) is 0 Å². The van der Waals surface area contributed by atoms with Gasteiger partial charge in [0.2, 0.25) is 5.91 Å². The average molecular weight is 207 g/mol. The number of rotatable bonds is 3. The number of nitrogens with one attached hydrogen (secondary N) is 1. The fourth-order valence-corrected chi connectivity index (χ4v) is 1.25. The first kappa shape index (κ1) is 11.4. The van der Waals surface area contributed by atoms with E-state index >= 15 is 0 Å². The zero-order chi connectivity index (χ0) is 11.4. The number of hydrogen-bond donors (Lipinski definition) is 2. The fraction of sp³-hybridized carbons (Fsp3) is 0.364. The zero-order valence-electron chi connectivity index (χ0n) is 9.37. The van der Waals surface area contributed by atoms with Crippen LogP contribution in [-0.2, 0) is 4.79 Å². The number of nitrogens with zero attached hydrogens (tertiary/aromatic N) is 1. The van der Waals surface area contributed by atoms with Crippen molar-refractivity contribution in [2.75, 3.05) is 31.7 Å². The molecule has 0 atom stereocenters. The Hall–Kier alpha value is -1.71. The highest BCUT2D eigenvalue weighted by Gasteiger charge is 2.06. The van der Waals surface area contributed by atoms with Crippen molar-refractivity contribution >= 4 is 17.3 Å². The normalized spacial score (nSPS) is 9.80. The van der Waals surface area contributed by atoms with Gasteiger partial charge < -0.3 is 16.0 Å². The SMILES string of the molecule is Cc1cccc(N)c1NCC(=O)N(C)C. The van der Waals surface area contributed by atoms with Crippen LogP contribution < -0.4 is 11.1 Å². The number of likely N-dealkylation sites (N-methyl/N-ethyl adjacent to an activating group) is 1. The predicted molar refractivity (Wildman–Crippen MR) is 62.8 cm³/mol. The summed E-state index contributed by atoms with van der Waals surface area (Å²) in [7, 11) is 3.45. The molecule has 4 heteroatoms. The largest absolute Gasteiger partial charge is 0.397 e. The minimum Gasteiger partial charge on any atom is -0.397 e. The molecule has 0 aliphatic carbocycles. The highest BCUT2D eigenvalue weighted by molar-refractivity contribution is 5.82. The van der Waals surface area contributed by atoms with Crippen LogP contribution in [0, 0.1) is 6.92 Å². The molecule has 0 aliphatic rings. The molecule has 82 valence electrons. The molecule has 0 saturated heterocycles. The van der Waals surface area contributed by atoms with Crippen LogP contribution in [0.3, 0.4) is 0 Å². The maximum Gasteiger partial charge on any atom is 0.241 e.